The summed E-state index contributed by atoms with van der Waals surface area (Å²) in [6.07, 6.45) is 0.972. The zero-order valence-corrected chi connectivity index (χ0v) is 17.6. The number of halogens is 2. The quantitative estimate of drug-likeness (QED) is 0.584. The Bertz CT molecular complexity index is 1200. The third-order valence-corrected chi connectivity index (χ3v) is 6.47. The van der Waals surface area contributed by atoms with E-state index in [9.17, 15) is 13.6 Å². The number of hydrogen-bond donors (Lipinski definition) is 1. The molecule has 1 amide bonds. The molecule has 5 rings (SSSR count). The van der Waals surface area contributed by atoms with Crippen LogP contribution in [0.5, 0.6) is 0 Å². The number of pyridine rings is 1. The van der Waals surface area contributed by atoms with Gasteiger partial charge in [-0.1, -0.05) is 48.0 Å². The van der Waals surface area contributed by atoms with Crippen molar-refractivity contribution in [3.8, 4) is 11.3 Å². The Balaban J connectivity index is 1.40. The van der Waals surface area contributed by atoms with Crippen LogP contribution >= 0.6 is 0 Å². The van der Waals surface area contributed by atoms with Crippen molar-refractivity contribution in [2.75, 3.05) is 5.32 Å². The summed E-state index contributed by atoms with van der Waals surface area (Å²) < 4.78 is 27.5. The Kier molecular flexibility index (Phi) is 4.47. The fraction of sp³-hybridized carbons (Fsp3) is 0.308. The highest BCUT2D eigenvalue weighted by Gasteiger charge is 2.52. The SMILES string of the molecule is Cc1cccc(-c2nc(NC(=O)C3(c4ccc5c(c4)CC(F)(F)C5)CC3)ccc2C)c1. The zero-order chi connectivity index (χ0) is 21.8. The van der Waals surface area contributed by atoms with Crippen LogP contribution in [0.1, 0.15) is 40.7 Å². The van der Waals surface area contributed by atoms with Gasteiger partial charge >= 0.3 is 0 Å². The molecule has 2 aliphatic rings. The molecule has 2 aromatic carbocycles. The minimum absolute atomic E-state index is 0.122. The number of aromatic nitrogens is 1. The number of nitrogens with zero attached hydrogens (tertiary/aromatic N) is 1. The number of fused-ring (bicyclic) bond motifs is 1. The van der Waals surface area contributed by atoms with Crippen molar-refractivity contribution < 1.29 is 13.6 Å². The minimum Gasteiger partial charge on any atom is -0.310 e. The summed E-state index contributed by atoms with van der Waals surface area (Å²) in [6.45, 7) is 4.03. The van der Waals surface area contributed by atoms with Crippen LogP contribution in [0.4, 0.5) is 14.6 Å². The zero-order valence-electron chi connectivity index (χ0n) is 17.6. The predicted octanol–water partition coefficient (Wildman–Crippen LogP) is 5.77. The van der Waals surface area contributed by atoms with Crippen molar-refractivity contribution in [1.82, 2.24) is 4.98 Å². The van der Waals surface area contributed by atoms with Gasteiger partial charge in [-0.15, -0.1) is 0 Å². The third-order valence-electron chi connectivity index (χ3n) is 6.47. The highest BCUT2D eigenvalue weighted by Crippen LogP contribution is 2.50. The van der Waals surface area contributed by atoms with Gasteiger partial charge in [0.2, 0.25) is 5.91 Å². The molecule has 0 aliphatic heterocycles. The first-order valence-electron chi connectivity index (χ1n) is 10.6. The van der Waals surface area contributed by atoms with Crippen LogP contribution in [-0.4, -0.2) is 16.8 Å². The molecule has 0 spiro atoms. The summed E-state index contributed by atoms with van der Waals surface area (Å²) in [5.74, 6) is -2.30. The standard InChI is InChI=1S/C26H24F2N2O/c1-16-4-3-5-18(12-16)23-17(2)6-9-22(29-23)30-24(31)25(10-11-25)21-8-7-19-14-26(27,28)15-20(19)13-21/h3-9,12-13H,10-11,14-15H2,1-2H3,(H,29,30,31). The van der Waals surface area contributed by atoms with E-state index in [1.54, 1.807) is 6.07 Å². The van der Waals surface area contributed by atoms with Crippen LogP contribution in [-0.2, 0) is 23.1 Å². The lowest BCUT2D eigenvalue weighted by atomic mass is 9.92. The number of amides is 1. The number of benzene rings is 2. The van der Waals surface area contributed by atoms with E-state index in [1.807, 2.05) is 56.3 Å². The maximum atomic E-state index is 13.8. The Morgan fingerprint density at radius 2 is 1.74 bits per heavy atom. The number of rotatable bonds is 4. The number of alkyl halides is 2. The van der Waals surface area contributed by atoms with E-state index in [2.05, 4.69) is 11.4 Å². The van der Waals surface area contributed by atoms with Crippen molar-refractivity contribution in [2.24, 2.45) is 0 Å². The first-order chi connectivity index (χ1) is 14.8. The molecule has 0 saturated heterocycles. The van der Waals surface area contributed by atoms with Gasteiger partial charge in [0.25, 0.3) is 5.92 Å². The Hall–Kier alpha value is -3.08. The molecular formula is C26H24F2N2O. The van der Waals surface area contributed by atoms with E-state index in [-0.39, 0.29) is 18.7 Å². The lowest BCUT2D eigenvalue weighted by Crippen LogP contribution is -2.28. The van der Waals surface area contributed by atoms with Gasteiger partial charge in [-0.3, -0.25) is 4.79 Å². The second-order valence-corrected chi connectivity index (χ2v) is 8.96. The number of hydrogen-bond acceptors (Lipinski definition) is 2. The molecule has 31 heavy (non-hydrogen) atoms. The smallest absolute Gasteiger partial charge is 0.256 e. The normalized spacial score (nSPS) is 17.8. The number of carbonyl (C=O) groups is 1. The van der Waals surface area contributed by atoms with Gasteiger partial charge in [0.1, 0.15) is 5.82 Å². The van der Waals surface area contributed by atoms with Crippen molar-refractivity contribution in [2.45, 2.75) is 50.9 Å². The van der Waals surface area contributed by atoms with Gasteiger partial charge in [-0.2, -0.15) is 0 Å². The first kappa shape index (κ1) is 19.9. The number of aryl methyl sites for hydroxylation is 2. The van der Waals surface area contributed by atoms with Crippen LogP contribution in [0.25, 0.3) is 11.3 Å². The van der Waals surface area contributed by atoms with E-state index in [0.717, 1.165) is 27.9 Å². The first-order valence-corrected chi connectivity index (χ1v) is 10.6. The molecule has 5 heteroatoms. The van der Waals surface area contributed by atoms with Crippen LogP contribution in [0, 0.1) is 13.8 Å². The van der Waals surface area contributed by atoms with Crippen LogP contribution in [0.2, 0.25) is 0 Å². The molecular weight excluding hydrogens is 394 g/mol. The molecule has 1 aromatic heterocycles. The summed E-state index contributed by atoms with van der Waals surface area (Å²) >= 11 is 0. The maximum Gasteiger partial charge on any atom is 0.256 e. The van der Waals surface area contributed by atoms with E-state index in [4.69, 9.17) is 4.98 Å². The highest BCUT2D eigenvalue weighted by atomic mass is 19.3. The van der Waals surface area contributed by atoms with Crippen molar-refractivity contribution in [3.05, 3.63) is 82.4 Å². The Morgan fingerprint density at radius 1 is 0.968 bits per heavy atom. The van der Waals surface area contributed by atoms with Gasteiger partial charge in [0, 0.05) is 18.4 Å². The second kappa shape index (κ2) is 6.98. The molecule has 3 nitrogen and oxygen atoms in total. The predicted molar refractivity (Wildman–Crippen MR) is 117 cm³/mol. The molecule has 1 N–H and O–H groups in total. The molecule has 158 valence electrons. The fourth-order valence-corrected chi connectivity index (χ4v) is 4.57. The van der Waals surface area contributed by atoms with Gasteiger partial charge in [0.05, 0.1) is 11.1 Å². The Labute approximate surface area is 180 Å². The lowest BCUT2D eigenvalue weighted by Gasteiger charge is -2.17. The summed E-state index contributed by atoms with van der Waals surface area (Å²) in [4.78, 5) is 17.9. The average molecular weight is 418 g/mol. The topological polar surface area (TPSA) is 42.0 Å². The van der Waals surface area contributed by atoms with Crippen LogP contribution in [0.3, 0.4) is 0 Å². The second-order valence-electron chi connectivity index (χ2n) is 8.96. The largest absolute Gasteiger partial charge is 0.310 e. The number of nitrogens with one attached hydrogen (secondary N) is 1. The molecule has 0 radical (unpaired) electrons. The molecule has 2 aliphatic carbocycles. The summed E-state index contributed by atoms with van der Waals surface area (Å²) in [7, 11) is 0. The Morgan fingerprint density at radius 3 is 2.48 bits per heavy atom. The number of anilines is 1. The van der Waals surface area contributed by atoms with Crippen molar-refractivity contribution in [1.29, 1.82) is 0 Å². The molecule has 1 fully saturated rings. The van der Waals surface area contributed by atoms with Crippen LogP contribution in [0.15, 0.2) is 54.6 Å². The van der Waals surface area contributed by atoms with Gasteiger partial charge in [-0.25, -0.2) is 13.8 Å². The highest BCUT2D eigenvalue weighted by molar-refractivity contribution is 6.01. The van der Waals surface area contributed by atoms with Crippen molar-refractivity contribution in [3.63, 3.8) is 0 Å². The summed E-state index contributed by atoms with van der Waals surface area (Å²) in [6, 6.07) is 17.3. The van der Waals surface area contributed by atoms with Crippen molar-refractivity contribution >= 4 is 11.7 Å². The third kappa shape index (κ3) is 3.62. The summed E-state index contributed by atoms with van der Waals surface area (Å²) in [5.41, 5.74) is 5.55. The number of carbonyl (C=O) groups excluding carboxylic acids is 1. The minimum atomic E-state index is -2.68. The van der Waals surface area contributed by atoms with E-state index in [1.165, 1.54) is 0 Å². The van der Waals surface area contributed by atoms with Gasteiger partial charge in [-0.05, 0) is 61.1 Å². The molecule has 0 unspecified atom stereocenters. The van der Waals surface area contributed by atoms with Gasteiger partial charge < -0.3 is 5.32 Å². The maximum absolute atomic E-state index is 13.8. The molecule has 3 aromatic rings. The fourth-order valence-electron chi connectivity index (χ4n) is 4.57. The molecule has 0 atom stereocenters. The molecule has 0 bridgehead atoms. The van der Waals surface area contributed by atoms with Gasteiger partial charge in [0.15, 0.2) is 0 Å². The monoisotopic (exact) mass is 418 g/mol. The molecule has 1 heterocycles. The van der Waals surface area contributed by atoms with E-state index < -0.39 is 11.3 Å². The van der Waals surface area contributed by atoms with E-state index >= 15 is 0 Å². The summed E-state index contributed by atoms with van der Waals surface area (Å²) in [5, 5.41) is 2.98. The lowest BCUT2D eigenvalue weighted by molar-refractivity contribution is -0.118. The average Bonchev–Trinajstić information content (AvgIpc) is 3.46. The van der Waals surface area contributed by atoms with Crippen LogP contribution < -0.4 is 5.32 Å². The van der Waals surface area contributed by atoms with E-state index in [0.29, 0.717) is 29.8 Å². The molecule has 1 saturated carbocycles.